The summed E-state index contributed by atoms with van der Waals surface area (Å²) in [5, 5.41) is 11.0. The molecule has 2 rings (SSSR count). The molecule has 0 spiro atoms. The van der Waals surface area contributed by atoms with Gasteiger partial charge in [-0.3, -0.25) is 4.98 Å². The van der Waals surface area contributed by atoms with Crippen LogP contribution in [0.4, 0.5) is 4.39 Å². The van der Waals surface area contributed by atoms with Crippen LogP contribution in [0.1, 0.15) is 19.2 Å². The van der Waals surface area contributed by atoms with E-state index in [0.29, 0.717) is 12.3 Å². The number of pyridine rings is 1. The zero-order valence-electron chi connectivity index (χ0n) is 10.2. The highest BCUT2D eigenvalue weighted by Crippen LogP contribution is 2.19. The Balaban J connectivity index is 2.00. The van der Waals surface area contributed by atoms with E-state index in [1.807, 2.05) is 0 Å². The van der Waals surface area contributed by atoms with Gasteiger partial charge in [0.1, 0.15) is 0 Å². The van der Waals surface area contributed by atoms with Crippen LogP contribution in [0, 0.1) is 5.82 Å². The normalized spacial score (nSPS) is 10.8. The predicted octanol–water partition coefficient (Wildman–Crippen LogP) is 1.81. The van der Waals surface area contributed by atoms with E-state index in [1.165, 1.54) is 12.3 Å². The van der Waals surface area contributed by atoms with Crippen LogP contribution < -0.4 is 5.32 Å². The van der Waals surface area contributed by atoms with Crippen LogP contribution >= 0.6 is 0 Å². The molecule has 5 nitrogen and oxygen atoms in total. The molecule has 2 heterocycles. The third-order valence-corrected chi connectivity index (χ3v) is 2.41. The van der Waals surface area contributed by atoms with E-state index in [0.717, 1.165) is 25.7 Å². The average Bonchev–Trinajstić information content (AvgIpc) is 2.84. The Morgan fingerprint density at radius 3 is 3.00 bits per heavy atom. The lowest BCUT2D eigenvalue weighted by atomic mass is 10.2. The molecule has 18 heavy (non-hydrogen) atoms. The van der Waals surface area contributed by atoms with Gasteiger partial charge in [-0.15, -0.1) is 10.2 Å². The van der Waals surface area contributed by atoms with Crippen molar-refractivity contribution >= 4 is 0 Å². The lowest BCUT2D eigenvalue weighted by molar-refractivity contribution is 0.490. The molecule has 0 aliphatic rings. The largest absolute Gasteiger partial charge is 0.421 e. The molecule has 2 aromatic rings. The number of hydrogen-bond acceptors (Lipinski definition) is 5. The number of rotatable bonds is 6. The van der Waals surface area contributed by atoms with E-state index in [2.05, 4.69) is 27.4 Å². The van der Waals surface area contributed by atoms with Crippen molar-refractivity contribution in [3.63, 3.8) is 0 Å². The lowest BCUT2D eigenvalue weighted by Crippen LogP contribution is -2.17. The maximum absolute atomic E-state index is 13.4. The number of nitrogens with zero attached hydrogens (tertiary/aromatic N) is 3. The van der Waals surface area contributed by atoms with Gasteiger partial charge in [0.25, 0.3) is 5.89 Å². The molecule has 0 aliphatic carbocycles. The molecule has 0 aliphatic heterocycles. The van der Waals surface area contributed by atoms with Crippen LogP contribution in [-0.2, 0) is 6.42 Å². The predicted molar refractivity (Wildman–Crippen MR) is 64.4 cm³/mol. The van der Waals surface area contributed by atoms with Gasteiger partial charge in [-0.25, -0.2) is 4.39 Å². The molecule has 0 amide bonds. The van der Waals surface area contributed by atoms with Crippen LogP contribution in [0.25, 0.3) is 11.5 Å². The van der Waals surface area contributed by atoms with E-state index < -0.39 is 5.82 Å². The number of nitrogens with one attached hydrogen (secondary N) is 1. The van der Waals surface area contributed by atoms with Crippen LogP contribution in [0.3, 0.4) is 0 Å². The molecule has 0 radical (unpaired) electrons. The molecule has 0 unspecified atom stereocenters. The first-order valence-corrected chi connectivity index (χ1v) is 5.94. The van der Waals surface area contributed by atoms with Crippen molar-refractivity contribution < 1.29 is 8.81 Å². The van der Waals surface area contributed by atoms with Gasteiger partial charge in [0.2, 0.25) is 5.89 Å². The molecular formula is C12H15FN4O. The zero-order valence-corrected chi connectivity index (χ0v) is 10.2. The first-order valence-electron chi connectivity index (χ1n) is 5.94. The topological polar surface area (TPSA) is 63.8 Å². The van der Waals surface area contributed by atoms with Gasteiger partial charge in [-0.05, 0) is 19.0 Å². The molecule has 0 bridgehead atoms. The summed E-state index contributed by atoms with van der Waals surface area (Å²) >= 11 is 0. The molecule has 96 valence electrons. The van der Waals surface area contributed by atoms with E-state index in [1.54, 1.807) is 0 Å². The van der Waals surface area contributed by atoms with Crippen LogP contribution in [0.15, 0.2) is 22.9 Å². The van der Waals surface area contributed by atoms with E-state index >= 15 is 0 Å². The summed E-state index contributed by atoms with van der Waals surface area (Å²) in [4.78, 5) is 3.67. The molecule has 6 heteroatoms. The second kappa shape index (κ2) is 6.20. The Morgan fingerprint density at radius 2 is 2.22 bits per heavy atom. The van der Waals surface area contributed by atoms with Gasteiger partial charge in [0.05, 0.1) is 11.8 Å². The van der Waals surface area contributed by atoms with Crippen LogP contribution in [0.2, 0.25) is 0 Å². The second-order valence-electron chi connectivity index (χ2n) is 3.86. The first kappa shape index (κ1) is 12.6. The summed E-state index contributed by atoms with van der Waals surface area (Å²) in [6.07, 6.45) is 4.34. The summed E-state index contributed by atoms with van der Waals surface area (Å²) in [5.74, 6) is 0.238. The minimum atomic E-state index is -0.461. The Bertz CT molecular complexity index is 500. The monoisotopic (exact) mass is 250 g/mol. The minimum Gasteiger partial charge on any atom is -0.421 e. The van der Waals surface area contributed by atoms with Gasteiger partial charge in [0.15, 0.2) is 5.82 Å². The maximum atomic E-state index is 13.4. The quantitative estimate of drug-likeness (QED) is 0.792. The molecule has 0 saturated heterocycles. The molecule has 0 fully saturated rings. The van der Waals surface area contributed by atoms with Gasteiger partial charge in [-0.1, -0.05) is 6.92 Å². The fourth-order valence-corrected chi connectivity index (χ4v) is 1.51. The minimum absolute atomic E-state index is 0.195. The van der Waals surface area contributed by atoms with Crippen molar-refractivity contribution in [2.45, 2.75) is 19.8 Å². The molecule has 0 aromatic carbocycles. The van der Waals surface area contributed by atoms with Gasteiger partial charge < -0.3 is 9.73 Å². The SMILES string of the molecule is CCCNCCc1nnc(-c2ccncc2F)o1. The van der Waals surface area contributed by atoms with Gasteiger partial charge in [0, 0.05) is 19.2 Å². The molecule has 2 aromatic heterocycles. The number of hydrogen-bond donors (Lipinski definition) is 1. The summed E-state index contributed by atoms with van der Waals surface area (Å²) in [5.41, 5.74) is 0.283. The third kappa shape index (κ3) is 3.10. The van der Waals surface area contributed by atoms with E-state index in [-0.39, 0.29) is 11.5 Å². The molecule has 0 atom stereocenters. The highest BCUT2D eigenvalue weighted by atomic mass is 19.1. The maximum Gasteiger partial charge on any atom is 0.250 e. The average molecular weight is 250 g/mol. The molecule has 1 N–H and O–H groups in total. The van der Waals surface area contributed by atoms with Crippen molar-refractivity contribution in [3.8, 4) is 11.5 Å². The Kier molecular flexibility index (Phi) is 4.35. The van der Waals surface area contributed by atoms with Crippen molar-refractivity contribution in [2.24, 2.45) is 0 Å². The fourth-order valence-electron chi connectivity index (χ4n) is 1.51. The molecular weight excluding hydrogens is 235 g/mol. The number of aromatic nitrogens is 3. The molecule has 0 saturated carbocycles. The Morgan fingerprint density at radius 1 is 1.33 bits per heavy atom. The first-order chi connectivity index (χ1) is 8.81. The summed E-state index contributed by atoms with van der Waals surface area (Å²) in [6, 6.07) is 1.52. The van der Waals surface area contributed by atoms with E-state index in [9.17, 15) is 4.39 Å². The second-order valence-corrected chi connectivity index (χ2v) is 3.86. The Hall–Kier alpha value is -1.82. The summed E-state index contributed by atoms with van der Waals surface area (Å²) in [6.45, 7) is 3.83. The lowest BCUT2D eigenvalue weighted by Gasteiger charge is -1.98. The zero-order chi connectivity index (χ0) is 12.8. The van der Waals surface area contributed by atoms with Crippen molar-refractivity contribution in [1.29, 1.82) is 0 Å². The Labute approximate surface area is 104 Å². The highest BCUT2D eigenvalue weighted by molar-refractivity contribution is 5.51. The third-order valence-electron chi connectivity index (χ3n) is 2.41. The van der Waals surface area contributed by atoms with Crippen molar-refractivity contribution in [3.05, 3.63) is 30.2 Å². The summed E-state index contributed by atoms with van der Waals surface area (Å²) in [7, 11) is 0. The van der Waals surface area contributed by atoms with E-state index in [4.69, 9.17) is 4.42 Å². The van der Waals surface area contributed by atoms with Crippen LogP contribution in [0.5, 0.6) is 0 Å². The van der Waals surface area contributed by atoms with Gasteiger partial charge in [-0.2, -0.15) is 0 Å². The van der Waals surface area contributed by atoms with Crippen molar-refractivity contribution in [1.82, 2.24) is 20.5 Å². The standard InChI is InChI=1S/C12H15FN4O/c1-2-5-14-7-4-11-16-17-12(18-11)9-3-6-15-8-10(9)13/h3,6,8,14H,2,4-5,7H2,1H3. The van der Waals surface area contributed by atoms with Gasteiger partial charge >= 0.3 is 0 Å². The fraction of sp³-hybridized carbons (Fsp3) is 0.417. The smallest absolute Gasteiger partial charge is 0.250 e. The highest BCUT2D eigenvalue weighted by Gasteiger charge is 2.12. The van der Waals surface area contributed by atoms with Crippen molar-refractivity contribution in [2.75, 3.05) is 13.1 Å². The van der Waals surface area contributed by atoms with Crippen LogP contribution in [-0.4, -0.2) is 28.3 Å². The summed E-state index contributed by atoms with van der Waals surface area (Å²) < 4.78 is 18.8. The number of halogens is 1.